The summed E-state index contributed by atoms with van der Waals surface area (Å²) in [7, 11) is 0. The van der Waals surface area contributed by atoms with Crippen LogP contribution in [-0.2, 0) is 20.7 Å². The molecule has 3 amide bonds. The van der Waals surface area contributed by atoms with Gasteiger partial charge < -0.3 is 19.9 Å². The summed E-state index contributed by atoms with van der Waals surface area (Å²) in [5.74, 6) is -3.54. The number of hydrogen-bond donors (Lipinski definition) is 2. The lowest BCUT2D eigenvalue weighted by molar-refractivity contribution is -0.160. The van der Waals surface area contributed by atoms with Crippen LogP contribution in [0.4, 0.5) is 10.2 Å². The molecular formula is C33H32FN5O7. The summed E-state index contributed by atoms with van der Waals surface area (Å²) < 4.78 is 28.5. The van der Waals surface area contributed by atoms with Gasteiger partial charge in [0.05, 0.1) is 29.0 Å². The number of imide groups is 1. The minimum absolute atomic E-state index is 0.0231. The zero-order valence-corrected chi connectivity index (χ0v) is 25.9. The molecule has 46 heavy (non-hydrogen) atoms. The van der Waals surface area contributed by atoms with Gasteiger partial charge in [-0.1, -0.05) is 12.1 Å². The quantitative estimate of drug-likeness (QED) is 0.278. The van der Waals surface area contributed by atoms with Gasteiger partial charge in [0.25, 0.3) is 11.8 Å². The second-order valence-corrected chi connectivity index (χ2v) is 12.3. The van der Waals surface area contributed by atoms with Crippen molar-refractivity contribution in [3.63, 3.8) is 0 Å². The molecule has 0 saturated heterocycles. The zero-order valence-electron chi connectivity index (χ0n) is 25.9. The minimum atomic E-state index is -1.50. The number of fused-ring (bicyclic) bond motifs is 3. The van der Waals surface area contributed by atoms with Gasteiger partial charge in [-0.25, -0.2) is 18.7 Å². The average molecular weight is 630 g/mol. The van der Waals surface area contributed by atoms with Crippen LogP contribution in [0.3, 0.4) is 0 Å². The van der Waals surface area contributed by atoms with E-state index in [9.17, 15) is 24.3 Å². The Hall–Kier alpha value is -5.17. The molecule has 0 bridgehead atoms. The highest BCUT2D eigenvalue weighted by Crippen LogP contribution is 2.41. The number of carboxylic acid groups (broad SMARTS) is 1. The molecule has 0 fully saturated rings. The SMILES string of the molecule is Cc1nc2cc(NC(=O)CN3C(=O)c4ccccc4C3=O)nn2c(-c2cc(F)c3c(c2C)CCCO3)c1[C@H](OC(C)(C)C)C(=O)O. The number of hydrogen-bond acceptors (Lipinski definition) is 8. The summed E-state index contributed by atoms with van der Waals surface area (Å²) in [6.07, 6.45) is -0.254. The summed E-state index contributed by atoms with van der Waals surface area (Å²) in [4.78, 5) is 56.8. The van der Waals surface area contributed by atoms with E-state index in [4.69, 9.17) is 9.47 Å². The lowest BCUT2D eigenvalue weighted by atomic mass is 9.91. The van der Waals surface area contributed by atoms with Gasteiger partial charge in [-0.3, -0.25) is 19.3 Å². The van der Waals surface area contributed by atoms with Gasteiger partial charge in [0.1, 0.15) is 6.54 Å². The van der Waals surface area contributed by atoms with Gasteiger partial charge in [0.2, 0.25) is 5.91 Å². The maximum Gasteiger partial charge on any atom is 0.337 e. The van der Waals surface area contributed by atoms with Gasteiger partial charge >= 0.3 is 5.97 Å². The zero-order chi connectivity index (χ0) is 33.1. The van der Waals surface area contributed by atoms with Crippen molar-refractivity contribution in [3.05, 3.63) is 75.7 Å². The molecule has 6 rings (SSSR count). The Morgan fingerprint density at radius 1 is 1.11 bits per heavy atom. The number of nitrogens with zero attached hydrogens (tertiary/aromatic N) is 4. The fourth-order valence-electron chi connectivity index (χ4n) is 5.97. The highest BCUT2D eigenvalue weighted by molar-refractivity contribution is 6.22. The van der Waals surface area contributed by atoms with Crippen molar-refractivity contribution in [1.82, 2.24) is 19.5 Å². The number of carbonyl (C=O) groups is 4. The summed E-state index contributed by atoms with van der Waals surface area (Å²) in [6, 6.07) is 9.07. The average Bonchev–Trinajstić information content (AvgIpc) is 3.50. The third-order valence-electron chi connectivity index (χ3n) is 7.93. The Morgan fingerprint density at radius 2 is 1.78 bits per heavy atom. The molecule has 0 spiro atoms. The van der Waals surface area contributed by atoms with Crippen molar-refractivity contribution in [2.75, 3.05) is 18.5 Å². The number of aromatic nitrogens is 3. The first-order valence-corrected chi connectivity index (χ1v) is 14.8. The highest BCUT2D eigenvalue weighted by Gasteiger charge is 2.37. The van der Waals surface area contributed by atoms with Gasteiger partial charge in [-0.2, -0.15) is 0 Å². The van der Waals surface area contributed by atoms with Crippen LogP contribution in [0.2, 0.25) is 0 Å². The third kappa shape index (κ3) is 5.36. The van der Waals surface area contributed by atoms with Crippen LogP contribution >= 0.6 is 0 Å². The molecule has 2 aliphatic heterocycles. The first-order chi connectivity index (χ1) is 21.7. The van der Waals surface area contributed by atoms with Gasteiger partial charge in [-0.05, 0) is 71.2 Å². The second-order valence-electron chi connectivity index (χ2n) is 12.3. The minimum Gasteiger partial charge on any atom is -0.490 e. The largest absolute Gasteiger partial charge is 0.490 e. The summed E-state index contributed by atoms with van der Waals surface area (Å²) in [5.41, 5.74) is 2.20. The monoisotopic (exact) mass is 629 g/mol. The summed E-state index contributed by atoms with van der Waals surface area (Å²) >= 11 is 0. The summed E-state index contributed by atoms with van der Waals surface area (Å²) in [6.45, 7) is 8.43. The molecule has 2 N–H and O–H groups in total. The van der Waals surface area contributed by atoms with Crippen LogP contribution in [0.1, 0.15) is 76.4 Å². The van der Waals surface area contributed by atoms with Gasteiger partial charge in [0.15, 0.2) is 29.1 Å². The molecule has 2 aromatic carbocycles. The number of amides is 3. The number of benzene rings is 2. The van der Waals surface area contributed by atoms with E-state index in [1.54, 1.807) is 39.8 Å². The van der Waals surface area contributed by atoms with Crippen molar-refractivity contribution in [3.8, 4) is 17.0 Å². The van der Waals surface area contributed by atoms with Crippen LogP contribution < -0.4 is 10.1 Å². The second kappa shape index (κ2) is 11.3. The maximum atomic E-state index is 15.6. The predicted molar refractivity (Wildman–Crippen MR) is 163 cm³/mol. The van der Waals surface area contributed by atoms with Crippen LogP contribution in [0.15, 0.2) is 36.4 Å². The molecule has 2 aliphatic rings. The first-order valence-electron chi connectivity index (χ1n) is 14.8. The fourth-order valence-corrected chi connectivity index (χ4v) is 5.97. The van der Waals surface area contributed by atoms with E-state index >= 15 is 4.39 Å². The topological polar surface area (TPSA) is 152 Å². The number of carboxylic acids is 1. The molecule has 1 atom stereocenters. The smallest absolute Gasteiger partial charge is 0.337 e. The van der Waals surface area contributed by atoms with Crippen LogP contribution in [0, 0.1) is 19.7 Å². The first kappa shape index (κ1) is 30.8. The van der Waals surface area contributed by atoms with Crippen LogP contribution in [0.25, 0.3) is 16.9 Å². The lowest BCUT2D eigenvalue weighted by Gasteiger charge is -2.28. The molecule has 12 nitrogen and oxygen atoms in total. The summed E-state index contributed by atoms with van der Waals surface area (Å²) in [5, 5.41) is 17.5. The Morgan fingerprint density at radius 3 is 2.41 bits per heavy atom. The third-order valence-corrected chi connectivity index (χ3v) is 7.93. The van der Waals surface area contributed by atoms with Gasteiger partial charge in [-0.15, -0.1) is 5.10 Å². The molecule has 13 heteroatoms. The predicted octanol–water partition coefficient (Wildman–Crippen LogP) is 4.65. The number of halogens is 1. The highest BCUT2D eigenvalue weighted by atomic mass is 19.1. The number of aliphatic carboxylic acids is 1. The van der Waals surface area contributed by atoms with Crippen molar-refractivity contribution in [2.45, 2.75) is 59.2 Å². The molecule has 0 saturated carbocycles. The lowest BCUT2D eigenvalue weighted by Crippen LogP contribution is -2.37. The number of aryl methyl sites for hydroxylation is 1. The van der Waals surface area contributed by atoms with E-state index in [1.807, 2.05) is 6.92 Å². The number of rotatable bonds is 7. The van der Waals surface area contributed by atoms with E-state index in [1.165, 1.54) is 28.8 Å². The number of anilines is 1. The van der Waals surface area contributed by atoms with E-state index in [2.05, 4.69) is 15.4 Å². The van der Waals surface area contributed by atoms with Crippen molar-refractivity contribution in [2.24, 2.45) is 0 Å². The number of nitrogens with one attached hydrogen (secondary N) is 1. The Kier molecular flexibility index (Phi) is 7.59. The van der Waals surface area contributed by atoms with Crippen molar-refractivity contribution < 1.29 is 38.1 Å². The standard InChI is InChI=1S/C33H32FN5O7/c1-16-18-11-8-12-45-28(18)22(34)13-21(16)27-26(29(32(43)44)46-33(3,4)5)17(2)35-24-14-23(37-39(24)27)36-25(40)15-38-30(41)19-9-6-7-10-20(19)31(38)42/h6-7,9-10,13-14,29H,8,11-12,15H2,1-5H3,(H,43,44)(H,36,37,40)/t29-/m0/s1. The fraction of sp³-hybridized carbons (Fsp3) is 0.333. The Balaban J connectivity index is 1.46. The number of ether oxygens (including phenoxy) is 2. The normalized spacial score (nSPS) is 15.0. The van der Waals surface area contributed by atoms with Crippen molar-refractivity contribution in [1.29, 1.82) is 0 Å². The molecule has 2 aromatic heterocycles. The van der Waals surface area contributed by atoms with E-state index in [0.29, 0.717) is 41.8 Å². The van der Waals surface area contributed by atoms with Crippen LogP contribution in [0.5, 0.6) is 5.75 Å². The van der Waals surface area contributed by atoms with Gasteiger partial charge in [0, 0.05) is 28.5 Å². The maximum absolute atomic E-state index is 15.6. The molecule has 0 radical (unpaired) electrons. The van der Waals surface area contributed by atoms with Crippen LogP contribution in [-0.4, -0.2) is 67.0 Å². The molecule has 0 unspecified atom stereocenters. The Bertz CT molecular complexity index is 1930. The number of carbonyl (C=O) groups excluding carboxylic acids is 3. The van der Waals surface area contributed by atoms with E-state index < -0.39 is 47.8 Å². The Labute approximate surface area is 263 Å². The van der Waals surface area contributed by atoms with E-state index in [0.717, 1.165) is 4.90 Å². The van der Waals surface area contributed by atoms with E-state index in [-0.39, 0.29) is 39.6 Å². The molecule has 0 aliphatic carbocycles. The molecular weight excluding hydrogens is 597 g/mol. The molecule has 4 heterocycles. The molecule has 238 valence electrons. The molecule has 4 aromatic rings. The van der Waals surface area contributed by atoms with Crippen molar-refractivity contribution >= 4 is 35.2 Å².